The molecule has 1 amide bonds. The van der Waals surface area contributed by atoms with E-state index >= 15 is 0 Å². The minimum absolute atomic E-state index is 0.00817. The summed E-state index contributed by atoms with van der Waals surface area (Å²) in [6.45, 7) is 0. The van der Waals surface area contributed by atoms with Crippen LogP contribution in [0.15, 0.2) is 11.4 Å². The fourth-order valence-corrected chi connectivity index (χ4v) is 5.88. The number of carbonyl (C=O) groups excluding carboxylic acids is 1. The van der Waals surface area contributed by atoms with E-state index in [0.29, 0.717) is 6.42 Å². The first kappa shape index (κ1) is 16.8. The van der Waals surface area contributed by atoms with Crippen molar-refractivity contribution >= 4 is 35.0 Å². The second kappa shape index (κ2) is 7.71. The zero-order valence-corrected chi connectivity index (χ0v) is 14.8. The summed E-state index contributed by atoms with van der Waals surface area (Å²) in [6, 6.07) is 1.81. The van der Waals surface area contributed by atoms with Gasteiger partial charge in [-0.2, -0.15) is 0 Å². The summed E-state index contributed by atoms with van der Waals surface area (Å²) in [5.74, 6) is -0.274. The highest BCUT2D eigenvalue weighted by Crippen LogP contribution is 2.39. The lowest BCUT2D eigenvalue weighted by Gasteiger charge is -2.30. The van der Waals surface area contributed by atoms with Crippen LogP contribution in [0.1, 0.15) is 54.2 Å². The number of thioether (sulfide) groups is 1. The molecule has 4 nitrogen and oxygen atoms in total. The van der Waals surface area contributed by atoms with Crippen LogP contribution < -0.4 is 5.32 Å². The van der Waals surface area contributed by atoms with Crippen LogP contribution in [-0.2, 0) is 16.0 Å². The Morgan fingerprint density at radius 1 is 1.17 bits per heavy atom. The van der Waals surface area contributed by atoms with Crippen molar-refractivity contribution in [2.75, 3.05) is 5.75 Å². The number of nitrogens with one attached hydrogen (secondary N) is 1. The van der Waals surface area contributed by atoms with Crippen LogP contribution in [0.5, 0.6) is 0 Å². The topological polar surface area (TPSA) is 66.4 Å². The third-order valence-electron chi connectivity index (χ3n) is 4.82. The third kappa shape index (κ3) is 3.91. The molecule has 1 aliphatic heterocycles. The molecule has 1 aromatic rings. The van der Waals surface area contributed by atoms with Crippen molar-refractivity contribution in [2.45, 2.75) is 56.2 Å². The number of rotatable bonds is 3. The maximum absolute atomic E-state index is 12.8. The second-order valence-electron chi connectivity index (χ2n) is 6.35. The molecule has 2 heterocycles. The summed E-state index contributed by atoms with van der Waals surface area (Å²) in [4.78, 5) is 25.7. The summed E-state index contributed by atoms with van der Waals surface area (Å²) >= 11 is 3.39. The molecule has 1 aliphatic carbocycles. The molecule has 0 saturated heterocycles. The van der Waals surface area contributed by atoms with Gasteiger partial charge in [-0.3, -0.25) is 9.59 Å². The number of hydrogen-bond donors (Lipinski definition) is 2. The lowest BCUT2D eigenvalue weighted by molar-refractivity contribution is -0.143. The van der Waals surface area contributed by atoms with Gasteiger partial charge in [-0.1, -0.05) is 25.7 Å². The smallest absolute Gasteiger partial charge is 0.308 e. The van der Waals surface area contributed by atoms with E-state index in [-0.39, 0.29) is 17.2 Å². The van der Waals surface area contributed by atoms with Crippen LogP contribution in [0.2, 0.25) is 0 Å². The summed E-state index contributed by atoms with van der Waals surface area (Å²) in [6.07, 6.45) is 6.64. The van der Waals surface area contributed by atoms with Crippen molar-refractivity contribution in [2.24, 2.45) is 5.92 Å². The van der Waals surface area contributed by atoms with Crippen LogP contribution in [-0.4, -0.2) is 28.8 Å². The van der Waals surface area contributed by atoms with E-state index in [1.165, 1.54) is 4.88 Å². The highest BCUT2D eigenvalue weighted by atomic mass is 32.2. The molecule has 6 heteroatoms. The Bertz CT molecular complexity index is 572. The Labute approximate surface area is 145 Å². The van der Waals surface area contributed by atoms with E-state index in [9.17, 15) is 14.7 Å². The number of hydrogen-bond acceptors (Lipinski definition) is 4. The fourth-order valence-electron chi connectivity index (χ4n) is 3.57. The van der Waals surface area contributed by atoms with Gasteiger partial charge < -0.3 is 10.4 Å². The maximum Gasteiger partial charge on any atom is 0.308 e. The Morgan fingerprint density at radius 2 is 1.96 bits per heavy atom. The van der Waals surface area contributed by atoms with Gasteiger partial charge in [0.05, 0.1) is 5.92 Å². The molecule has 3 rings (SSSR count). The van der Waals surface area contributed by atoms with Gasteiger partial charge in [-0.05, 0) is 42.0 Å². The number of aliphatic carboxylic acids is 1. The zero-order valence-electron chi connectivity index (χ0n) is 13.1. The van der Waals surface area contributed by atoms with Gasteiger partial charge in [-0.15, -0.1) is 23.1 Å². The first-order valence-electron chi connectivity index (χ1n) is 8.38. The average molecular weight is 354 g/mol. The number of fused-ring (bicyclic) bond motifs is 1. The predicted octanol–water partition coefficient (Wildman–Crippen LogP) is 3.62. The van der Waals surface area contributed by atoms with E-state index in [4.69, 9.17) is 0 Å². The lowest BCUT2D eigenvalue weighted by Crippen LogP contribution is -2.45. The van der Waals surface area contributed by atoms with E-state index < -0.39 is 11.9 Å². The van der Waals surface area contributed by atoms with Crippen molar-refractivity contribution in [1.82, 2.24) is 5.32 Å². The predicted molar refractivity (Wildman–Crippen MR) is 94.0 cm³/mol. The molecule has 3 atom stereocenters. The molecular formula is C17H23NO3S2. The quantitative estimate of drug-likeness (QED) is 0.871. The van der Waals surface area contributed by atoms with Crippen molar-refractivity contribution in [3.63, 3.8) is 0 Å². The van der Waals surface area contributed by atoms with E-state index in [1.807, 2.05) is 11.4 Å². The number of carboxylic acid groups (broad SMARTS) is 1. The molecule has 3 unspecified atom stereocenters. The molecule has 0 aromatic carbocycles. The van der Waals surface area contributed by atoms with Crippen LogP contribution in [0.3, 0.4) is 0 Å². The highest BCUT2D eigenvalue weighted by Gasteiger charge is 2.34. The van der Waals surface area contributed by atoms with E-state index in [1.54, 1.807) is 23.1 Å². The summed E-state index contributed by atoms with van der Waals surface area (Å²) < 4.78 is 0. The fraction of sp³-hybridized carbons (Fsp3) is 0.647. The summed E-state index contributed by atoms with van der Waals surface area (Å²) in [5, 5.41) is 14.5. The van der Waals surface area contributed by atoms with Crippen LogP contribution in [0, 0.1) is 5.92 Å². The molecule has 0 bridgehead atoms. The Morgan fingerprint density at radius 3 is 2.74 bits per heavy atom. The van der Waals surface area contributed by atoms with Gasteiger partial charge >= 0.3 is 5.97 Å². The van der Waals surface area contributed by atoms with Gasteiger partial charge in [0.25, 0.3) is 0 Å². The van der Waals surface area contributed by atoms with Crippen molar-refractivity contribution < 1.29 is 14.7 Å². The monoisotopic (exact) mass is 353 g/mol. The molecule has 23 heavy (non-hydrogen) atoms. The molecule has 0 spiro atoms. The molecular weight excluding hydrogens is 330 g/mol. The molecule has 1 aromatic heterocycles. The Kier molecular flexibility index (Phi) is 5.64. The minimum Gasteiger partial charge on any atom is -0.481 e. The summed E-state index contributed by atoms with van der Waals surface area (Å²) in [5.41, 5.74) is 1.13. The first-order valence-corrected chi connectivity index (χ1v) is 10.3. The SMILES string of the molecule is O=C(NC1CCCCCCC1C(=O)O)C1SCCc2sccc21. The normalized spacial score (nSPS) is 28.3. The Balaban J connectivity index is 1.71. The number of amides is 1. The summed E-state index contributed by atoms with van der Waals surface area (Å²) in [7, 11) is 0. The van der Waals surface area contributed by atoms with E-state index in [0.717, 1.165) is 49.8 Å². The maximum atomic E-state index is 12.8. The first-order chi connectivity index (χ1) is 11.2. The molecule has 1 saturated carbocycles. The number of thiophene rings is 1. The molecule has 2 N–H and O–H groups in total. The number of carbonyl (C=O) groups is 2. The van der Waals surface area contributed by atoms with Gasteiger partial charge in [-0.25, -0.2) is 0 Å². The van der Waals surface area contributed by atoms with Gasteiger partial charge in [0.15, 0.2) is 0 Å². The zero-order chi connectivity index (χ0) is 16.2. The average Bonchev–Trinajstić information content (AvgIpc) is 2.97. The Hall–Kier alpha value is -1.01. The van der Waals surface area contributed by atoms with Gasteiger partial charge in [0.1, 0.15) is 5.25 Å². The largest absolute Gasteiger partial charge is 0.481 e. The number of aryl methyl sites for hydroxylation is 1. The third-order valence-corrected chi connectivity index (χ3v) is 7.06. The number of carboxylic acids is 1. The lowest BCUT2D eigenvalue weighted by atomic mass is 9.86. The molecule has 1 fully saturated rings. The second-order valence-corrected chi connectivity index (χ2v) is 8.56. The van der Waals surface area contributed by atoms with Gasteiger partial charge in [0.2, 0.25) is 5.91 Å². The molecule has 2 aliphatic rings. The van der Waals surface area contributed by atoms with Crippen LogP contribution in [0.25, 0.3) is 0 Å². The molecule has 0 radical (unpaired) electrons. The minimum atomic E-state index is -0.773. The van der Waals surface area contributed by atoms with Crippen molar-refractivity contribution in [3.05, 3.63) is 21.9 Å². The van der Waals surface area contributed by atoms with Crippen molar-refractivity contribution in [3.8, 4) is 0 Å². The highest BCUT2D eigenvalue weighted by molar-refractivity contribution is 8.00. The molecule has 126 valence electrons. The van der Waals surface area contributed by atoms with Gasteiger partial charge in [0, 0.05) is 10.9 Å². The van der Waals surface area contributed by atoms with Crippen LogP contribution >= 0.6 is 23.1 Å². The van der Waals surface area contributed by atoms with Crippen LogP contribution in [0.4, 0.5) is 0 Å². The van der Waals surface area contributed by atoms with E-state index in [2.05, 4.69) is 5.32 Å². The van der Waals surface area contributed by atoms with Crippen molar-refractivity contribution in [1.29, 1.82) is 0 Å². The standard InChI is InChI=1S/C17H23NO3S2/c19-16(15-12-7-9-22-14(12)8-10-23-15)18-13-6-4-2-1-3-5-11(13)17(20)21/h7,9,11,13,15H,1-6,8,10H2,(H,18,19)(H,20,21).